The molecule has 0 spiro atoms. The quantitative estimate of drug-likeness (QED) is 0.707. The largest absolute Gasteiger partial charge is 0.294 e. The molecule has 2 rings (SSSR count). The number of hydrogen-bond donors (Lipinski definition) is 0. The van der Waals surface area contributed by atoms with Gasteiger partial charge in [-0.1, -0.05) is 29.6 Å². The molecule has 1 aromatic rings. The van der Waals surface area contributed by atoms with Crippen molar-refractivity contribution in [2.24, 2.45) is 5.92 Å². The number of hydrogen-bond acceptors (Lipinski definition) is 2. The number of carbonyl (C=O) groups is 1. The maximum atomic E-state index is 11.7. The monoisotopic (exact) mass is 234 g/mol. The van der Waals surface area contributed by atoms with Crippen LogP contribution in [0.1, 0.15) is 29.6 Å². The van der Waals surface area contributed by atoms with Crippen LogP contribution in [0.3, 0.4) is 0 Å². The van der Waals surface area contributed by atoms with Crippen LogP contribution >= 0.6 is 34.5 Å². The zero-order valence-corrected chi connectivity index (χ0v) is 9.18. The second-order valence-electron chi connectivity index (χ2n) is 3.23. The van der Waals surface area contributed by atoms with Gasteiger partial charge in [0, 0.05) is 11.5 Å². The van der Waals surface area contributed by atoms with Gasteiger partial charge in [0.1, 0.15) is 4.34 Å². The van der Waals surface area contributed by atoms with Crippen molar-refractivity contribution in [2.45, 2.75) is 19.3 Å². The molecule has 0 atom stereocenters. The summed E-state index contributed by atoms with van der Waals surface area (Å²) < 4.78 is 1.12. The average Bonchev–Trinajstić information content (AvgIpc) is 2.26. The van der Waals surface area contributed by atoms with Crippen molar-refractivity contribution < 1.29 is 4.79 Å². The van der Waals surface area contributed by atoms with Gasteiger partial charge in [0.15, 0.2) is 5.78 Å². The van der Waals surface area contributed by atoms with Gasteiger partial charge in [-0.25, -0.2) is 0 Å². The van der Waals surface area contributed by atoms with Crippen molar-refractivity contribution in [3.05, 3.63) is 20.3 Å². The second kappa shape index (κ2) is 3.60. The van der Waals surface area contributed by atoms with Crippen molar-refractivity contribution in [1.82, 2.24) is 0 Å². The van der Waals surface area contributed by atoms with Crippen LogP contribution < -0.4 is 0 Å². The van der Waals surface area contributed by atoms with Crippen molar-refractivity contribution in [3.8, 4) is 0 Å². The van der Waals surface area contributed by atoms with E-state index in [0.717, 1.165) is 19.3 Å². The van der Waals surface area contributed by atoms with Crippen LogP contribution in [0.15, 0.2) is 6.07 Å². The number of thiophene rings is 1. The lowest BCUT2D eigenvalue weighted by Crippen LogP contribution is -2.21. The van der Waals surface area contributed by atoms with Crippen molar-refractivity contribution >= 4 is 40.3 Å². The highest BCUT2D eigenvalue weighted by molar-refractivity contribution is 7.20. The Labute approximate surface area is 90.7 Å². The van der Waals surface area contributed by atoms with Crippen molar-refractivity contribution in [1.29, 1.82) is 0 Å². The molecule has 0 saturated heterocycles. The molecule has 4 heteroatoms. The molecule has 1 heterocycles. The number of halogens is 2. The van der Waals surface area contributed by atoms with Crippen LogP contribution in [-0.2, 0) is 0 Å². The first-order chi connectivity index (χ1) is 6.18. The molecule has 0 bridgehead atoms. The Morgan fingerprint density at radius 1 is 1.46 bits per heavy atom. The topological polar surface area (TPSA) is 17.1 Å². The Balaban J connectivity index is 2.23. The van der Waals surface area contributed by atoms with E-state index in [1.54, 1.807) is 6.07 Å². The fraction of sp³-hybridized carbons (Fsp3) is 0.444. The summed E-state index contributed by atoms with van der Waals surface area (Å²) in [5.41, 5.74) is 0.612. The first-order valence-electron chi connectivity index (χ1n) is 4.17. The zero-order chi connectivity index (χ0) is 9.42. The van der Waals surface area contributed by atoms with Gasteiger partial charge in [-0.15, -0.1) is 11.3 Å². The van der Waals surface area contributed by atoms with E-state index in [1.807, 2.05) is 0 Å². The Bertz CT molecular complexity index is 341. The molecule has 0 unspecified atom stereocenters. The Morgan fingerprint density at radius 2 is 2.15 bits per heavy atom. The second-order valence-corrected chi connectivity index (χ2v) is 5.52. The molecular weight excluding hydrogens is 227 g/mol. The SMILES string of the molecule is O=C(c1cc(Cl)sc1Cl)C1CCC1. The molecule has 1 aliphatic rings. The van der Waals surface area contributed by atoms with Gasteiger partial charge < -0.3 is 0 Å². The first-order valence-corrected chi connectivity index (χ1v) is 5.75. The number of Topliss-reactive ketones (excluding diaryl/α,β-unsaturated/α-hetero) is 1. The third-order valence-corrected chi connectivity index (χ3v) is 3.89. The third kappa shape index (κ3) is 1.76. The molecule has 1 aliphatic carbocycles. The van der Waals surface area contributed by atoms with Gasteiger partial charge in [0.25, 0.3) is 0 Å². The summed E-state index contributed by atoms with van der Waals surface area (Å²) in [5, 5.41) is 0. The van der Waals surface area contributed by atoms with E-state index in [1.165, 1.54) is 11.3 Å². The lowest BCUT2D eigenvalue weighted by atomic mass is 9.80. The first kappa shape index (κ1) is 9.50. The fourth-order valence-corrected chi connectivity index (χ4v) is 2.87. The molecule has 13 heavy (non-hydrogen) atoms. The summed E-state index contributed by atoms with van der Waals surface area (Å²) in [7, 11) is 0. The summed E-state index contributed by atoms with van der Waals surface area (Å²) in [6, 6.07) is 1.68. The van der Waals surface area contributed by atoms with Crippen LogP contribution in [0.5, 0.6) is 0 Å². The molecule has 0 aromatic carbocycles. The summed E-state index contributed by atoms with van der Waals surface area (Å²) >= 11 is 12.9. The predicted molar refractivity (Wildman–Crippen MR) is 56.0 cm³/mol. The van der Waals surface area contributed by atoms with E-state index in [-0.39, 0.29) is 11.7 Å². The van der Waals surface area contributed by atoms with E-state index in [2.05, 4.69) is 0 Å². The normalized spacial score (nSPS) is 17.1. The van der Waals surface area contributed by atoms with E-state index >= 15 is 0 Å². The standard InChI is InChI=1S/C9H8Cl2OS/c10-7-4-6(9(11)13-7)8(12)5-2-1-3-5/h4-5H,1-3H2. The molecule has 1 fully saturated rings. The van der Waals surface area contributed by atoms with Crippen molar-refractivity contribution in [3.63, 3.8) is 0 Å². The summed E-state index contributed by atoms with van der Waals surface area (Å²) in [6.07, 6.45) is 3.16. The number of carbonyl (C=O) groups excluding carboxylic acids is 1. The van der Waals surface area contributed by atoms with Gasteiger partial charge in [0.2, 0.25) is 0 Å². The summed E-state index contributed by atoms with van der Waals surface area (Å²) in [5.74, 6) is 0.363. The van der Waals surface area contributed by atoms with Crippen LogP contribution in [0.4, 0.5) is 0 Å². The molecule has 0 aliphatic heterocycles. The van der Waals surface area contributed by atoms with Crippen molar-refractivity contribution in [2.75, 3.05) is 0 Å². The zero-order valence-electron chi connectivity index (χ0n) is 6.85. The van der Waals surface area contributed by atoms with E-state index in [9.17, 15) is 4.79 Å². The Hall–Kier alpha value is -0.0500. The lowest BCUT2D eigenvalue weighted by molar-refractivity contribution is 0.0856. The molecule has 70 valence electrons. The summed E-state index contributed by atoms with van der Waals surface area (Å²) in [6.45, 7) is 0. The Kier molecular flexibility index (Phi) is 2.63. The Morgan fingerprint density at radius 3 is 2.54 bits per heavy atom. The van der Waals surface area contributed by atoms with Gasteiger partial charge >= 0.3 is 0 Å². The molecule has 1 aromatic heterocycles. The molecule has 1 saturated carbocycles. The number of ketones is 1. The highest BCUT2D eigenvalue weighted by Crippen LogP contribution is 2.36. The minimum Gasteiger partial charge on any atom is -0.294 e. The van der Waals surface area contributed by atoms with Gasteiger partial charge in [-0.05, 0) is 18.9 Å². The predicted octanol–water partition coefficient (Wildman–Crippen LogP) is 4.04. The highest BCUT2D eigenvalue weighted by atomic mass is 35.5. The van der Waals surface area contributed by atoms with Gasteiger partial charge in [-0.3, -0.25) is 4.79 Å². The van der Waals surface area contributed by atoms with Crippen LogP contribution in [-0.4, -0.2) is 5.78 Å². The maximum Gasteiger partial charge on any atom is 0.168 e. The highest BCUT2D eigenvalue weighted by Gasteiger charge is 2.28. The lowest BCUT2D eigenvalue weighted by Gasteiger charge is -2.23. The fourth-order valence-electron chi connectivity index (χ4n) is 1.40. The minimum atomic E-state index is 0.166. The van der Waals surface area contributed by atoms with Gasteiger partial charge in [0.05, 0.1) is 4.34 Å². The van der Waals surface area contributed by atoms with E-state index < -0.39 is 0 Å². The van der Waals surface area contributed by atoms with Crippen LogP contribution in [0, 0.1) is 5.92 Å². The molecule has 0 N–H and O–H groups in total. The summed E-state index contributed by atoms with van der Waals surface area (Å²) in [4.78, 5) is 11.7. The average molecular weight is 235 g/mol. The molecule has 0 amide bonds. The maximum absolute atomic E-state index is 11.7. The minimum absolute atomic E-state index is 0.166. The smallest absolute Gasteiger partial charge is 0.168 e. The third-order valence-electron chi connectivity index (χ3n) is 2.40. The van der Waals surface area contributed by atoms with Gasteiger partial charge in [-0.2, -0.15) is 0 Å². The van der Waals surface area contributed by atoms with E-state index in [4.69, 9.17) is 23.2 Å². The number of rotatable bonds is 2. The molecule has 1 nitrogen and oxygen atoms in total. The van der Waals surface area contributed by atoms with E-state index in [0.29, 0.717) is 14.2 Å². The van der Waals surface area contributed by atoms with Crippen LogP contribution in [0.2, 0.25) is 8.67 Å². The van der Waals surface area contributed by atoms with Crippen LogP contribution in [0.25, 0.3) is 0 Å². The molecule has 0 radical (unpaired) electrons. The molecular formula is C9H8Cl2OS.